The largest absolute Gasteiger partial charge is 0.506 e. The Morgan fingerprint density at radius 3 is 2.62 bits per heavy atom. The minimum atomic E-state index is 0.236. The Bertz CT molecular complexity index is 468. The van der Waals surface area contributed by atoms with Crippen LogP contribution >= 0.6 is 27.5 Å². The third kappa shape index (κ3) is 1.40. The zero-order chi connectivity index (χ0) is 9.42. The summed E-state index contributed by atoms with van der Waals surface area (Å²) in [6, 6.07) is 9.11. The van der Waals surface area contributed by atoms with Crippen LogP contribution in [0.25, 0.3) is 10.8 Å². The van der Waals surface area contributed by atoms with E-state index < -0.39 is 0 Å². The Morgan fingerprint density at radius 1 is 1.08 bits per heavy atom. The number of aromatic hydroxyl groups is 1. The average molecular weight is 258 g/mol. The van der Waals surface area contributed by atoms with Crippen LogP contribution in [0.2, 0.25) is 5.02 Å². The molecule has 0 heterocycles. The molecule has 2 rings (SSSR count). The van der Waals surface area contributed by atoms with Crippen molar-refractivity contribution in [2.75, 3.05) is 0 Å². The van der Waals surface area contributed by atoms with Crippen molar-refractivity contribution in [3.8, 4) is 5.75 Å². The highest BCUT2D eigenvalue weighted by atomic mass is 79.9. The van der Waals surface area contributed by atoms with Gasteiger partial charge in [0.25, 0.3) is 0 Å². The number of rotatable bonds is 0. The Kier molecular flexibility index (Phi) is 2.18. The number of hydrogen-bond acceptors (Lipinski definition) is 1. The molecule has 0 unspecified atom stereocenters. The average Bonchev–Trinajstić information content (AvgIpc) is 2.12. The van der Waals surface area contributed by atoms with E-state index in [1.54, 1.807) is 12.1 Å². The number of fused-ring (bicyclic) bond motifs is 1. The molecule has 1 nitrogen and oxygen atoms in total. The Balaban J connectivity index is 2.94. The molecule has 1 N–H and O–H groups in total. The van der Waals surface area contributed by atoms with E-state index in [2.05, 4.69) is 15.9 Å². The molecule has 0 fully saturated rings. The van der Waals surface area contributed by atoms with Crippen LogP contribution in [0.1, 0.15) is 0 Å². The Morgan fingerprint density at radius 2 is 1.85 bits per heavy atom. The molecule has 0 radical (unpaired) electrons. The summed E-state index contributed by atoms with van der Waals surface area (Å²) in [7, 11) is 0. The Hall–Kier alpha value is -0.730. The van der Waals surface area contributed by atoms with Gasteiger partial charge in [0.1, 0.15) is 5.75 Å². The van der Waals surface area contributed by atoms with E-state index >= 15 is 0 Å². The van der Waals surface area contributed by atoms with E-state index in [1.165, 1.54) is 0 Å². The number of hydrogen-bond donors (Lipinski definition) is 1. The van der Waals surface area contributed by atoms with Crippen LogP contribution in [0, 0.1) is 0 Å². The van der Waals surface area contributed by atoms with Crippen LogP contribution in [-0.2, 0) is 0 Å². The van der Waals surface area contributed by atoms with Crippen LogP contribution in [0.3, 0.4) is 0 Å². The summed E-state index contributed by atoms with van der Waals surface area (Å²) in [4.78, 5) is 0. The molecule has 3 heteroatoms. The van der Waals surface area contributed by atoms with E-state index in [9.17, 15) is 5.11 Å². The molecule has 0 amide bonds. The van der Waals surface area contributed by atoms with Gasteiger partial charge in [-0.3, -0.25) is 0 Å². The maximum absolute atomic E-state index is 9.68. The molecule has 0 saturated carbocycles. The van der Waals surface area contributed by atoms with Gasteiger partial charge >= 0.3 is 0 Å². The molecule has 0 aliphatic carbocycles. The summed E-state index contributed by atoms with van der Waals surface area (Å²) in [6.45, 7) is 0. The molecular formula is C10H6BrClO. The highest BCUT2D eigenvalue weighted by molar-refractivity contribution is 9.10. The lowest BCUT2D eigenvalue weighted by atomic mass is 10.1. The molecule has 0 bridgehead atoms. The molecule has 2 aromatic carbocycles. The number of phenols is 1. The third-order valence-electron chi connectivity index (χ3n) is 1.93. The van der Waals surface area contributed by atoms with Gasteiger partial charge in [-0.2, -0.15) is 0 Å². The second-order valence-corrected chi connectivity index (χ2v) is 3.99. The minimum absolute atomic E-state index is 0.236. The van der Waals surface area contributed by atoms with Crippen molar-refractivity contribution >= 4 is 38.3 Å². The molecular weight excluding hydrogens is 251 g/mol. The first-order chi connectivity index (χ1) is 6.20. The smallest absolute Gasteiger partial charge is 0.137 e. The predicted molar refractivity (Wildman–Crippen MR) is 58.3 cm³/mol. The van der Waals surface area contributed by atoms with Gasteiger partial charge in [-0.05, 0) is 28.1 Å². The lowest BCUT2D eigenvalue weighted by molar-refractivity contribution is 0.478. The highest BCUT2D eigenvalue weighted by Gasteiger charge is 2.05. The predicted octanol–water partition coefficient (Wildman–Crippen LogP) is 3.96. The monoisotopic (exact) mass is 256 g/mol. The molecule has 0 aliphatic heterocycles. The summed E-state index contributed by atoms with van der Waals surface area (Å²) in [5, 5.41) is 12.0. The molecule has 0 saturated heterocycles. The normalized spacial score (nSPS) is 10.6. The van der Waals surface area contributed by atoms with Gasteiger partial charge in [0.05, 0.1) is 4.47 Å². The lowest BCUT2D eigenvalue weighted by Crippen LogP contribution is -1.76. The Labute approximate surface area is 89.1 Å². The first kappa shape index (κ1) is 8.85. The van der Waals surface area contributed by atoms with E-state index in [0.29, 0.717) is 9.50 Å². The maximum atomic E-state index is 9.68. The molecule has 13 heavy (non-hydrogen) atoms. The number of phenolic OH excluding ortho intramolecular Hbond substituents is 1. The molecule has 66 valence electrons. The molecule has 2 aromatic rings. The minimum Gasteiger partial charge on any atom is -0.506 e. The number of benzene rings is 2. The van der Waals surface area contributed by atoms with Gasteiger partial charge in [0, 0.05) is 15.8 Å². The zero-order valence-electron chi connectivity index (χ0n) is 6.59. The van der Waals surface area contributed by atoms with Crippen LogP contribution in [0.4, 0.5) is 0 Å². The van der Waals surface area contributed by atoms with Crippen molar-refractivity contribution in [1.29, 1.82) is 0 Å². The van der Waals surface area contributed by atoms with Gasteiger partial charge in [-0.25, -0.2) is 0 Å². The SMILES string of the molecule is Oc1c(Br)ccc2c(Cl)cccc12. The van der Waals surface area contributed by atoms with Crippen LogP contribution in [0.15, 0.2) is 34.8 Å². The first-order valence-corrected chi connectivity index (χ1v) is 4.93. The van der Waals surface area contributed by atoms with Gasteiger partial charge in [0.2, 0.25) is 0 Å². The van der Waals surface area contributed by atoms with Crippen molar-refractivity contribution in [3.05, 3.63) is 39.8 Å². The quantitative estimate of drug-likeness (QED) is 0.757. The van der Waals surface area contributed by atoms with Crippen molar-refractivity contribution in [3.63, 3.8) is 0 Å². The highest BCUT2D eigenvalue weighted by Crippen LogP contribution is 2.35. The second-order valence-electron chi connectivity index (χ2n) is 2.73. The van der Waals surface area contributed by atoms with Crippen molar-refractivity contribution in [2.24, 2.45) is 0 Å². The topological polar surface area (TPSA) is 20.2 Å². The number of halogens is 2. The third-order valence-corrected chi connectivity index (χ3v) is 2.90. The summed E-state index contributed by atoms with van der Waals surface area (Å²) < 4.78 is 0.683. The van der Waals surface area contributed by atoms with Crippen molar-refractivity contribution < 1.29 is 5.11 Å². The van der Waals surface area contributed by atoms with Crippen LogP contribution < -0.4 is 0 Å². The van der Waals surface area contributed by atoms with Crippen molar-refractivity contribution in [2.45, 2.75) is 0 Å². The maximum Gasteiger partial charge on any atom is 0.137 e. The lowest BCUT2D eigenvalue weighted by Gasteiger charge is -2.03. The van der Waals surface area contributed by atoms with Gasteiger partial charge in [-0.15, -0.1) is 0 Å². The van der Waals surface area contributed by atoms with Crippen molar-refractivity contribution in [1.82, 2.24) is 0 Å². The van der Waals surface area contributed by atoms with Gasteiger partial charge < -0.3 is 5.11 Å². The fraction of sp³-hybridized carbons (Fsp3) is 0. The fourth-order valence-electron chi connectivity index (χ4n) is 1.28. The van der Waals surface area contributed by atoms with E-state index in [4.69, 9.17) is 11.6 Å². The molecule has 0 aliphatic rings. The zero-order valence-corrected chi connectivity index (χ0v) is 8.93. The van der Waals surface area contributed by atoms with Crippen LogP contribution in [-0.4, -0.2) is 5.11 Å². The van der Waals surface area contributed by atoms with Crippen LogP contribution in [0.5, 0.6) is 5.75 Å². The summed E-state index contributed by atoms with van der Waals surface area (Å²) >= 11 is 9.20. The standard InChI is InChI=1S/C10H6BrClO/c11-8-5-4-6-7(10(8)13)2-1-3-9(6)12/h1-5,13H. The molecule has 0 atom stereocenters. The van der Waals surface area contributed by atoms with E-state index in [1.807, 2.05) is 18.2 Å². The van der Waals surface area contributed by atoms with E-state index in [-0.39, 0.29) is 5.75 Å². The summed E-state index contributed by atoms with van der Waals surface area (Å²) in [5.74, 6) is 0.236. The summed E-state index contributed by atoms with van der Waals surface area (Å²) in [5.41, 5.74) is 0. The molecule has 0 aromatic heterocycles. The first-order valence-electron chi connectivity index (χ1n) is 3.76. The summed E-state index contributed by atoms with van der Waals surface area (Å²) in [6.07, 6.45) is 0. The van der Waals surface area contributed by atoms with E-state index in [0.717, 1.165) is 10.8 Å². The second kappa shape index (κ2) is 3.20. The van der Waals surface area contributed by atoms with Gasteiger partial charge in [-0.1, -0.05) is 29.8 Å². The molecule has 0 spiro atoms. The fourth-order valence-corrected chi connectivity index (χ4v) is 1.86. The van der Waals surface area contributed by atoms with Gasteiger partial charge in [0.15, 0.2) is 0 Å².